The van der Waals surface area contributed by atoms with E-state index in [1.807, 2.05) is 31.2 Å². The van der Waals surface area contributed by atoms with Crippen molar-refractivity contribution in [1.29, 1.82) is 0 Å². The standard InChI is InChI=1S/C28H42N8O3.ClH/c1-20-19-34(25(37)28(2,3)30)17-18-35(20)26(38)31-24-12-16-36(27(39)32-24)23-8-6-21(7-9-23)10-14-33-13-4-5-22(29)11-15-33;/h6-9,12,16,20,22H,4-5,10-11,13-15,17-19,29-30H2,1-3H3,(H,31,32,38,39);1H/t20-,22?;/m1./s1. The number of halogens is 1. The van der Waals surface area contributed by atoms with Crippen LogP contribution in [0.5, 0.6) is 0 Å². The molecule has 2 saturated heterocycles. The molecular weight excluding hydrogens is 532 g/mol. The first-order chi connectivity index (χ1) is 18.5. The van der Waals surface area contributed by atoms with Gasteiger partial charge in [0.15, 0.2) is 0 Å². The zero-order valence-corrected chi connectivity index (χ0v) is 24.5. The summed E-state index contributed by atoms with van der Waals surface area (Å²) in [6.07, 6.45) is 5.86. The van der Waals surface area contributed by atoms with E-state index < -0.39 is 11.2 Å². The molecule has 4 rings (SSSR count). The second kappa shape index (κ2) is 13.6. The normalized spacial score (nSPS) is 20.4. The van der Waals surface area contributed by atoms with Crippen molar-refractivity contribution in [2.24, 2.45) is 11.5 Å². The van der Waals surface area contributed by atoms with Crippen molar-refractivity contribution in [3.63, 3.8) is 0 Å². The van der Waals surface area contributed by atoms with Crippen molar-refractivity contribution >= 4 is 30.2 Å². The van der Waals surface area contributed by atoms with Gasteiger partial charge in [-0.05, 0) is 83.3 Å². The first-order valence-electron chi connectivity index (χ1n) is 13.8. The van der Waals surface area contributed by atoms with Crippen LogP contribution in [0, 0.1) is 0 Å². The summed E-state index contributed by atoms with van der Waals surface area (Å²) in [4.78, 5) is 48.0. The third-order valence-corrected chi connectivity index (χ3v) is 7.56. The number of nitrogens with one attached hydrogen (secondary N) is 1. The third kappa shape index (κ3) is 8.03. The lowest BCUT2D eigenvalue weighted by Crippen LogP contribution is -2.61. The third-order valence-electron chi connectivity index (χ3n) is 7.56. The molecule has 1 aromatic heterocycles. The maximum absolute atomic E-state index is 12.9. The van der Waals surface area contributed by atoms with Gasteiger partial charge in [0, 0.05) is 44.5 Å². The summed E-state index contributed by atoms with van der Waals surface area (Å²) in [6, 6.07) is 9.28. The minimum atomic E-state index is -0.958. The van der Waals surface area contributed by atoms with Crippen molar-refractivity contribution in [3.05, 3.63) is 52.6 Å². The van der Waals surface area contributed by atoms with E-state index in [1.54, 1.807) is 35.9 Å². The summed E-state index contributed by atoms with van der Waals surface area (Å²) in [6.45, 7) is 9.52. The average Bonchev–Trinajstić information content (AvgIpc) is 3.10. The highest BCUT2D eigenvalue weighted by Gasteiger charge is 2.34. The number of nitrogens with zero attached hydrogens (tertiary/aromatic N) is 5. The van der Waals surface area contributed by atoms with Gasteiger partial charge in [-0.1, -0.05) is 12.1 Å². The van der Waals surface area contributed by atoms with Crippen LogP contribution in [0.25, 0.3) is 5.69 Å². The van der Waals surface area contributed by atoms with Crippen LogP contribution in [-0.4, -0.2) is 93.1 Å². The highest BCUT2D eigenvalue weighted by Crippen LogP contribution is 2.16. The van der Waals surface area contributed by atoms with E-state index in [9.17, 15) is 14.4 Å². The predicted octanol–water partition coefficient (Wildman–Crippen LogP) is 1.81. The quantitative estimate of drug-likeness (QED) is 0.477. The van der Waals surface area contributed by atoms with E-state index in [0.717, 1.165) is 45.3 Å². The Balaban J connectivity index is 0.00000441. The second-order valence-electron chi connectivity index (χ2n) is 11.4. The van der Waals surface area contributed by atoms with Crippen LogP contribution in [0.1, 0.15) is 45.6 Å². The summed E-state index contributed by atoms with van der Waals surface area (Å²) >= 11 is 0. The zero-order chi connectivity index (χ0) is 28.2. The minimum absolute atomic E-state index is 0. The number of piperazine rings is 1. The van der Waals surface area contributed by atoms with Gasteiger partial charge in [-0.3, -0.25) is 14.7 Å². The first-order valence-corrected chi connectivity index (χ1v) is 13.8. The largest absolute Gasteiger partial charge is 0.354 e. The number of urea groups is 1. The molecule has 220 valence electrons. The lowest BCUT2D eigenvalue weighted by atomic mass is 10.0. The number of amides is 3. The maximum Gasteiger partial charge on any atom is 0.354 e. The number of hydrogen-bond donors (Lipinski definition) is 3. The van der Waals surface area contributed by atoms with Crippen molar-refractivity contribution < 1.29 is 9.59 Å². The van der Waals surface area contributed by atoms with E-state index in [2.05, 4.69) is 15.2 Å². The SMILES string of the molecule is C[C@@H]1CN(C(=O)C(C)(C)N)CCN1C(=O)Nc1ccn(-c2ccc(CCN3CCCC(N)CC3)cc2)c(=O)n1.Cl. The molecule has 2 fully saturated rings. The Hall–Kier alpha value is -2.99. The number of carbonyl (C=O) groups excluding carboxylic acids is 2. The zero-order valence-electron chi connectivity index (χ0n) is 23.7. The monoisotopic (exact) mass is 574 g/mol. The summed E-state index contributed by atoms with van der Waals surface area (Å²) in [7, 11) is 0. The molecule has 2 aliphatic heterocycles. The van der Waals surface area contributed by atoms with Gasteiger partial charge >= 0.3 is 11.7 Å². The van der Waals surface area contributed by atoms with E-state index in [1.165, 1.54) is 10.1 Å². The molecule has 0 bridgehead atoms. The molecule has 2 atom stereocenters. The average molecular weight is 575 g/mol. The molecule has 3 heterocycles. The number of likely N-dealkylation sites (tertiary alicyclic amines) is 1. The molecule has 5 N–H and O–H groups in total. The van der Waals surface area contributed by atoms with Crippen LogP contribution in [0.2, 0.25) is 0 Å². The van der Waals surface area contributed by atoms with E-state index in [0.29, 0.717) is 31.4 Å². The first kappa shape index (κ1) is 31.5. The van der Waals surface area contributed by atoms with Crippen molar-refractivity contribution in [1.82, 2.24) is 24.3 Å². The Bertz CT molecular complexity index is 1210. The molecule has 40 heavy (non-hydrogen) atoms. The van der Waals surface area contributed by atoms with Crippen LogP contribution in [0.3, 0.4) is 0 Å². The molecule has 1 aromatic carbocycles. The summed E-state index contributed by atoms with van der Waals surface area (Å²) in [5, 5.41) is 2.72. The Kier molecular flexibility index (Phi) is 10.7. The van der Waals surface area contributed by atoms with Gasteiger partial charge in [-0.25, -0.2) is 9.59 Å². The van der Waals surface area contributed by atoms with Gasteiger partial charge in [0.25, 0.3) is 0 Å². The second-order valence-corrected chi connectivity index (χ2v) is 11.4. The number of benzene rings is 1. The van der Waals surface area contributed by atoms with Crippen LogP contribution in [-0.2, 0) is 11.2 Å². The van der Waals surface area contributed by atoms with Crippen molar-refractivity contribution in [3.8, 4) is 5.69 Å². The van der Waals surface area contributed by atoms with Gasteiger partial charge in [0.1, 0.15) is 5.82 Å². The van der Waals surface area contributed by atoms with Crippen LogP contribution < -0.4 is 22.5 Å². The number of nitrogens with two attached hydrogens (primary N) is 2. The predicted molar refractivity (Wildman–Crippen MR) is 159 cm³/mol. The lowest BCUT2D eigenvalue weighted by molar-refractivity contribution is -0.138. The van der Waals surface area contributed by atoms with Gasteiger partial charge in [0.05, 0.1) is 11.2 Å². The fourth-order valence-corrected chi connectivity index (χ4v) is 5.22. The van der Waals surface area contributed by atoms with E-state index >= 15 is 0 Å². The Morgan fingerprint density at radius 2 is 1.80 bits per heavy atom. The van der Waals surface area contributed by atoms with E-state index in [-0.39, 0.29) is 36.2 Å². The fourth-order valence-electron chi connectivity index (χ4n) is 5.22. The smallest absolute Gasteiger partial charge is 0.337 e. The molecule has 0 saturated carbocycles. The number of anilines is 1. The van der Waals surface area contributed by atoms with Crippen LogP contribution >= 0.6 is 12.4 Å². The molecule has 2 aromatic rings. The van der Waals surface area contributed by atoms with Crippen LogP contribution in [0.15, 0.2) is 41.3 Å². The highest BCUT2D eigenvalue weighted by atomic mass is 35.5. The summed E-state index contributed by atoms with van der Waals surface area (Å²) < 4.78 is 1.46. The summed E-state index contributed by atoms with van der Waals surface area (Å²) in [5.41, 5.74) is 12.5. The molecule has 0 spiro atoms. The molecule has 3 amide bonds. The maximum atomic E-state index is 12.9. The molecule has 0 radical (unpaired) electrons. The van der Waals surface area contributed by atoms with Gasteiger partial charge in [0.2, 0.25) is 5.91 Å². The van der Waals surface area contributed by atoms with Crippen LogP contribution in [0.4, 0.5) is 10.6 Å². The topological polar surface area (TPSA) is 143 Å². The Morgan fingerprint density at radius 1 is 1.07 bits per heavy atom. The highest BCUT2D eigenvalue weighted by molar-refractivity contribution is 5.89. The Labute approximate surface area is 242 Å². The van der Waals surface area contributed by atoms with E-state index in [4.69, 9.17) is 11.5 Å². The number of carbonyl (C=O) groups is 2. The molecule has 2 aliphatic rings. The molecule has 12 heteroatoms. The molecule has 0 aliphatic carbocycles. The fraction of sp³-hybridized carbons (Fsp3) is 0.571. The van der Waals surface area contributed by atoms with Gasteiger partial charge in [-0.15, -0.1) is 12.4 Å². The number of aromatic nitrogens is 2. The van der Waals surface area contributed by atoms with Gasteiger partial charge in [-0.2, -0.15) is 4.98 Å². The molecular formula is C28H43ClN8O3. The lowest BCUT2D eigenvalue weighted by Gasteiger charge is -2.41. The number of hydrogen-bond acceptors (Lipinski definition) is 7. The van der Waals surface area contributed by atoms with Gasteiger partial charge < -0.3 is 26.2 Å². The summed E-state index contributed by atoms with van der Waals surface area (Å²) in [5.74, 6) is 0.0409. The number of rotatable bonds is 6. The van der Waals surface area contributed by atoms with Crippen molar-refractivity contribution in [2.45, 2.75) is 64.1 Å². The van der Waals surface area contributed by atoms with Crippen molar-refractivity contribution in [2.75, 3.05) is 44.6 Å². The Morgan fingerprint density at radius 3 is 2.45 bits per heavy atom. The molecule has 11 nitrogen and oxygen atoms in total. The minimum Gasteiger partial charge on any atom is -0.337 e. The molecule has 1 unspecified atom stereocenters.